The van der Waals surface area contributed by atoms with Crippen LogP contribution in [0.1, 0.15) is 16.8 Å². The molecule has 112 valence electrons. The Kier molecular flexibility index (Phi) is 4.85. The van der Waals surface area contributed by atoms with Crippen LogP contribution >= 0.6 is 11.8 Å². The van der Waals surface area contributed by atoms with Gasteiger partial charge < -0.3 is 10.5 Å². The summed E-state index contributed by atoms with van der Waals surface area (Å²) in [6, 6.07) is 0. The first kappa shape index (κ1) is 15.4. The zero-order valence-corrected chi connectivity index (χ0v) is 13.3. The van der Waals surface area contributed by atoms with Crippen molar-refractivity contribution in [1.29, 1.82) is 0 Å². The zero-order valence-electron chi connectivity index (χ0n) is 12.5. The second-order valence-corrected chi connectivity index (χ2v) is 5.52. The van der Waals surface area contributed by atoms with Gasteiger partial charge in [0.2, 0.25) is 5.95 Å². The van der Waals surface area contributed by atoms with Gasteiger partial charge in [0.05, 0.1) is 12.8 Å². The van der Waals surface area contributed by atoms with Crippen LogP contribution in [0.15, 0.2) is 24.0 Å². The lowest BCUT2D eigenvalue weighted by atomic mass is 10.1. The van der Waals surface area contributed by atoms with Crippen molar-refractivity contribution in [1.82, 2.24) is 19.7 Å². The van der Waals surface area contributed by atoms with E-state index in [0.29, 0.717) is 18.2 Å². The number of methoxy groups -OCH3 is 1. The van der Waals surface area contributed by atoms with Gasteiger partial charge in [-0.25, -0.2) is 0 Å². The Labute approximate surface area is 128 Å². The molecule has 0 atom stereocenters. The molecule has 2 N–H and O–H groups in total. The molecule has 0 bridgehead atoms. The van der Waals surface area contributed by atoms with Crippen LogP contribution in [0.25, 0.3) is 0 Å². The highest BCUT2D eigenvalue weighted by Gasteiger charge is 2.13. The van der Waals surface area contributed by atoms with Gasteiger partial charge in [-0.1, -0.05) is 17.8 Å². The number of hydrogen-bond acceptors (Lipinski definition) is 6. The SMILES string of the molecule is C=CCn1c(N)nnc1SCc1ncc(C)c(OC)c1C. The third-order valence-corrected chi connectivity index (χ3v) is 4.12. The maximum atomic E-state index is 5.78. The highest BCUT2D eigenvalue weighted by molar-refractivity contribution is 7.98. The number of nitrogens with zero attached hydrogens (tertiary/aromatic N) is 4. The van der Waals surface area contributed by atoms with E-state index in [9.17, 15) is 0 Å². The predicted molar refractivity (Wildman–Crippen MR) is 84.5 cm³/mol. The van der Waals surface area contributed by atoms with Crippen LogP contribution in [0.4, 0.5) is 5.95 Å². The van der Waals surface area contributed by atoms with Gasteiger partial charge in [-0.15, -0.1) is 16.8 Å². The van der Waals surface area contributed by atoms with Crippen LogP contribution in [0.3, 0.4) is 0 Å². The summed E-state index contributed by atoms with van der Waals surface area (Å²) in [4.78, 5) is 4.47. The van der Waals surface area contributed by atoms with E-state index in [1.165, 1.54) is 0 Å². The van der Waals surface area contributed by atoms with Gasteiger partial charge >= 0.3 is 0 Å². The summed E-state index contributed by atoms with van der Waals surface area (Å²) in [6.07, 6.45) is 3.59. The highest BCUT2D eigenvalue weighted by atomic mass is 32.2. The summed E-state index contributed by atoms with van der Waals surface area (Å²) in [5.41, 5.74) is 8.83. The number of thioether (sulfide) groups is 1. The molecule has 2 aromatic rings. The molecule has 0 saturated carbocycles. The Hall–Kier alpha value is -2.02. The summed E-state index contributed by atoms with van der Waals surface area (Å²) in [5.74, 6) is 1.95. The molecular weight excluding hydrogens is 286 g/mol. The standard InChI is InChI=1S/C14H19N5OS/c1-5-6-19-13(15)17-18-14(19)21-8-11-10(3)12(20-4)9(2)7-16-11/h5,7H,1,6,8H2,2-4H3,(H2,15,17). The lowest BCUT2D eigenvalue weighted by molar-refractivity contribution is 0.407. The quantitative estimate of drug-likeness (QED) is 0.652. The first-order valence-electron chi connectivity index (χ1n) is 6.50. The average Bonchev–Trinajstić information content (AvgIpc) is 2.80. The molecule has 21 heavy (non-hydrogen) atoms. The number of hydrogen-bond donors (Lipinski definition) is 1. The molecule has 2 heterocycles. The van der Waals surface area contributed by atoms with Crippen molar-refractivity contribution >= 4 is 17.7 Å². The van der Waals surface area contributed by atoms with Gasteiger partial charge in [-0.2, -0.15) is 0 Å². The lowest BCUT2D eigenvalue weighted by Gasteiger charge is -2.12. The fourth-order valence-electron chi connectivity index (χ4n) is 2.06. The van der Waals surface area contributed by atoms with Crippen molar-refractivity contribution in [3.8, 4) is 5.75 Å². The highest BCUT2D eigenvalue weighted by Crippen LogP contribution is 2.28. The molecule has 0 spiro atoms. The van der Waals surface area contributed by atoms with E-state index in [4.69, 9.17) is 10.5 Å². The van der Waals surface area contributed by atoms with E-state index in [1.807, 2.05) is 24.6 Å². The Balaban J connectivity index is 2.19. The summed E-state index contributed by atoms with van der Waals surface area (Å²) in [6.45, 7) is 8.30. The number of aryl methyl sites for hydroxylation is 1. The smallest absolute Gasteiger partial charge is 0.222 e. The minimum Gasteiger partial charge on any atom is -0.496 e. The normalized spacial score (nSPS) is 10.6. The Morgan fingerprint density at radius 2 is 2.19 bits per heavy atom. The second kappa shape index (κ2) is 6.62. The van der Waals surface area contributed by atoms with Crippen molar-refractivity contribution in [2.24, 2.45) is 0 Å². The van der Waals surface area contributed by atoms with E-state index in [-0.39, 0.29) is 0 Å². The molecule has 2 aromatic heterocycles. The molecule has 0 saturated heterocycles. The number of anilines is 1. The summed E-state index contributed by atoms with van der Waals surface area (Å²) in [5, 5.41) is 8.74. The first-order chi connectivity index (χ1) is 10.1. The maximum absolute atomic E-state index is 5.78. The third kappa shape index (κ3) is 3.18. The Bertz CT molecular complexity index is 653. The number of ether oxygens (including phenoxy) is 1. The molecule has 2 rings (SSSR count). The average molecular weight is 305 g/mol. The number of aromatic nitrogens is 4. The van der Waals surface area contributed by atoms with Gasteiger partial charge in [0, 0.05) is 29.6 Å². The van der Waals surface area contributed by atoms with Crippen molar-refractivity contribution in [3.63, 3.8) is 0 Å². The van der Waals surface area contributed by atoms with Crippen LogP contribution in [0.5, 0.6) is 5.75 Å². The van der Waals surface area contributed by atoms with E-state index >= 15 is 0 Å². The van der Waals surface area contributed by atoms with E-state index in [0.717, 1.165) is 27.7 Å². The van der Waals surface area contributed by atoms with Crippen molar-refractivity contribution in [2.45, 2.75) is 31.3 Å². The predicted octanol–water partition coefficient (Wildman–Crippen LogP) is 2.36. The third-order valence-electron chi connectivity index (χ3n) is 3.14. The monoisotopic (exact) mass is 305 g/mol. The van der Waals surface area contributed by atoms with Gasteiger partial charge in [-0.05, 0) is 13.8 Å². The molecule has 0 aliphatic carbocycles. The Morgan fingerprint density at radius 3 is 2.86 bits per heavy atom. The second-order valence-electron chi connectivity index (χ2n) is 4.57. The van der Waals surface area contributed by atoms with Crippen molar-refractivity contribution < 1.29 is 4.74 Å². The van der Waals surface area contributed by atoms with E-state index in [2.05, 4.69) is 21.8 Å². The van der Waals surface area contributed by atoms with E-state index in [1.54, 1.807) is 24.9 Å². The van der Waals surface area contributed by atoms with Gasteiger partial charge in [-0.3, -0.25) is 9.55 Å². The summed E-state index contributed by atoms with van der Waals surface area (Å²) < 4.78 is 7.24. The number of nitrogen functional groups attached to an aromatic ring is 1. The summed E-state index contributed by atoms with van der Waals surface area (Å²) >= 11 is 1.54. The van der Waals surface area contributed by atoms with Gasteiger partial charge in [0.15, 0.2) is 5.16 Å². The fraction of sp³-hybridized carbons (Fsp3) is 0.357. The van der Waals surface area contributed by atoms with Crippen LogP contribution in [-0.4, -0.2) is 26.9 Å². The number of rotatable bonds is 6. The molecule has 0 radical (unpaired) electrons. The van der Waals surface area contributed by atoms with Crippen LogP contribution in [-0.2, 0) is 12.3 Å². The largest absolute Gasteiger partial charge is 0.496 e. The molecule has 0 aromatic carbocycles. The van der Waals surface area contributed by atoms with E-state index < -0.39 is 0 Å². The summed E-state index contributed by atoms with van der Waals surface area (Å²) in [7, 11) is 1.67. The van der Waals surface area contributed by atoms with Gasteiger partial charge in [0.1, 0.15) is 5.75 Å². The zero-order chi connectivity index (χ0) is 15.4. The molecule has 0 aliphatic rings. The van der Waals surface area contributed by atoms with Crippen LogP contribution < -0.4 is 10.5 Å². The molecule has 0 aliphatic heterocycles. The molecule has 7 heteroatoms. The first-order valence-corrected chi connectivity index (χ1v) is 7.48. The number of allylic oxidation sites excluding steroid dienone is 1. The van der Waals surface area contributed by atoms with Crippen molar-refractivity contribution in [2.75, 3.05) is 12.8 Å². The fourth-order valence-corrected chi connectivity index (χ4v) is 3.04. The number of nitrogens with two attached hydrogens (primary N) is 1. The molecule has 0 amide bonds. The molecule has 0 unspecified atom stereocenters. The maximum Gasteiger partial charge on any atom is 0.222 e. The molecule has 6 nitrogen and oxygen atoms in total. The topological polar surface area (TPSA) is 78.9 Å². The van der Waals surface area contributed by atoms with Crippen molar-refractivity contribution in [3.05, 3.63) is 35.7 Å². The molecular formula is C14H19N5OS. The minimum atomic E-state index is 0.392. The minimum absolute atomic E-state index is 0.392. The van der Waals surface area contributed by atoms with Gasteiger partial charge in [0.25, 0.3) is 0 Å². The lowest BCUT2D eigenvalue weighted by Crippen LogP contribution is -2.03. The molecule has 0 fully saturated rings. The van der Waals surface area contributed by atoms with Crippen LogP contribution in [0.2, 0.25) is 0 Å². The number of pyridine rings is 1. The Morgan fingerprint density at radius 1 is 1.43 bits per heavy atom. The van der Waals surface area contributed by atoms with Crippen LogP contribution in [0, 0.1) is 13.8 Å².